The number of nitrogens with one attached hydrogen (secondary N) is 1. The maximum atomic E-state index is 11.0. The number of pyridine rings is 1. The first-order chi connectivity index (χ1) is 7.90. The van der Waals surface area contributed by atoms with Crippen molar-refractivity contribution in [1.29, 1.82) is 0 Å². The molecule has 96 valence electrons. The van der Waals surface area contributed by atoms with Crippen molar-refractivity contribution < 1.29 is 8.42 Å². The standard InChI is InChI=1S/C11H19N3O2S/c1-12-10-4-5-13-11(8-10)9-14(2)6-7-17(3,15)16/h4-5,8H,6-7,9H2,1-3H3,(H,12,13). The average molecular weight is 257 g/mol. The van der Waals surface area contributed by atoms with Crippen LogP contribution in [0.25, 0.3) is 0 Å². The fraction of sp³-hybridized carbons (Fsp3) is 0.545. The van der Waals surface area contributed by atoms with Crippen molar-refractivity contribution in [2.24, 2.45) is 0 Å². The van der Waals surface area contributed by atoms with Gasteiger partial charge >= 0.3 is 0 Å². The Hall–Kier alpha value is -1.14. The quantitative estimate of drug-likeness (QED) is 0.808. The van der Waals surface area contributed by atoms with Crippen molar-refractivity contribution in [1.82, 2.24) is 9.88 Å². The summed E-state index contributed by atoms with van der Waals surface area (Å²) in [6, 6.07) is 3.84. The molecule has 0 bridgehead atoms. The van der Waals surface area contributed by atoms with Gasteiger partial charge in [0, 0.05) is 38.3 Å². The topological polar surface area (TPSA) is 62.3 Å². The van der Waals surface area contributed by atoms with Gasteiger partial charge in [0.2, 0.25) is 0 Å². The van der Waals surface area contributed by atoms with Gasteiger partial charge in [-0.3, -0.25) is 9.88 Å². The van der Waals surface area contributed by atoms with Gasteiger partial charge in [-0.25, -0.2) is 8.42 Å². The van der Waals surface area contributed by atoms with E-state index in [4.69, 9.17) is 0 Å². The SMILES string of the molecule is CNc1ccnc(CN(C)CCS(C)(=O)=O)c1. The predicted molar refractivity (Wildman–Crippen MR) is 69.8 cm³/mol. The van der Waals surface area contributed by atoms with E-state index < -0.39 is 9.84 Å². The lowest BCUT2D eigenvalue weighted by Crippen LogP contribution is -2.25. The number of hydrogen-bond donors (Lipinski definition) is 1. The smallest absolute Gasteiger partial charge is 0.148 e. The van der Waals surface area contributed by atoms with Crippen molar-refractivity contribution >= 4 is 15.5 Å². The van der Waals surface area contributed by atoms with Gasteiger partial charge in [0.1, 0.15) is 9.84 Å². The van der Waals surface area contributed by atoms with Crippen molar-refractivity contribution in [2.75, 3.05) is 38.0 Å². The largest absolute Gasteiger partial charge is 0.388 e. The molecule has 0 amide bonds. The van der Waals surface area contributed by atoms with Crippen LogP contribution < -0.4 is 5.32 Å². The molecule has 1 rings (SSSR count). The van der Waals surface area contributed by atoms with E-state index in [1.807, 2.05) is 31.1 Å². The number of sulfone groups is 1. The van der Waals surface area contributed by atoms with Crippen LogP contribution in [0, 0.1) is 0 Å². The molecule has 0 aliphatic rings. The number of rotatable bonds is 6. The second-order valence-electron chi connectivity index (χ2n) is 4.15. The molecular weight excluding hydrogens is 238 g/mol. The van der Waals surface area contributed by atoms with E-state index in [2.05, 4.69) is 10.3 Å². The molecule has 0 aliphatic heterocycles. The minimum atomic E-state index is -2.90. The number of aromatic nitrogens is 1. The first kappa shape index (κ1) is 13.9. The maximum Gasteiger partial charge on any atom is 0.148 e. The first-order valence-electron chi connectivity index (χ1n) is 5.39. The molecule has 0 atom stereocenters. The third kappa shape index (κ3) is 5.65. The Morgan fingerprint density at radius 1 is 1.47 bits per heavy atom. The molecule has 0 fully saturated rings. The van der Waals surface area contributed by atoms with Gasteiger partial charge in [0.05, 0.1) is 11.4 Å². The van der Waals surface area contributed by atoms with Gasteiger partial charge in [-0.1, -0.05) is 0 Å². The van der Waals surface area contributed by atoms with E-state index in [-0.39, 0.29) is 5.75 Å². The van der Waals surface area contributed by atoms with Crippen LogP contribution in [0.4, 0.5) is 5.69 Å². The lowest BCUT2D eigenvalue weighted by molar-refractivity contribution is 0.342. The molecule has 0 saturated heterocycles. The van der Waals surface area contributed by atoms with Crippen LogP contribution in [0.2, 0.25) is 0 Å². The van der Waals surface area contributed by atoms with E-state index in [0.29, 0.717) is 13.1 Å². The third-order valence-electron chi connectivity index (χ3n) is 2.38. The van der Waals surface area contributed by atoms with Crippen molar-refractivity contribution in [3.63, 3.8) is 0 Å². The van der Waals surface area contributed by atoms with Crippen LogP contribution in [0.1, 0.15) is 5.69 Å². The summed E-state index contributed by atoms with van der Waals surface area (Å²) < 4.78 is 22.1. The van der Waals surface area contributed by atoms with Crippen molar-refractivity contribution in [3.05, 3.63) is 24.0 Å². The van der Waals surface area contributed by atoms with Gasteiger partial charge in [-0.15, -0.1) is 0 Å². The molecule has 0 radical (unpaired) electrons. The summed E-state index contributed by atoms with van der Waals surface area (Å²) >= 11 is 0. The molecule has 5 nitrogen and oxygen atoms in total. The van der Waals surface area contributed by atoms with Crippen LogP contribution in [-0.4, -0.2) is 51.0 Å². The van der Waals surface area contributed by atoms with Crippen LogP contribution in [0.3, 0.4) is 0 Å². The normalized spacial score (nSPS) is 11.8. The second-order valence-corrected chi connectivity index (χ2v) is 6.41. The molecule has 1 N–H and O–H groups in total. The zero-order valence-electron chi connectivity index (χ0n) is 10.5. The van der Waals surface area contributed by atoms with E-state index in [1.165, 1.54) is 6.26 Å². The summed E-state index contributed by atoms with van der Waals surface area (Å²) in [7, 11) is 0.843. The molecule has 0 saturated carbocycles. The van der Waals surface area contributed by atoms with Crippen molar-refractivity contribution in [3.8, 4) is 0 Å². The number of hydrogen-bond acceptors (Lipinski definition) is 5. The molecule has 0 unspecified atom stereocenters. The average Bonchev–Trinajstić information content (AvgIpc) is 2.26. The molecule has 1 heterocycles. The second kappa shape index (κ2) is 5.97. The summed E-state index contributed by atoms with van der Waals surface area (Å²) in [5.41, 5.74) is 1.93. The lowest BCUT2D eigenvalue weighted by atomic mass is 10.3. The minimum absolute atomic E-state index is 0.176. The van der Waals surface area contributed by atoms with Gasteiger partial charge in [0.25, 0.3) is 0 Å². The molecule has 6 heteroatoms. The van der Waals surface area contributed by atoms with E-state index in [0.717, 1.165) is 11.4 Å². The van der Waals surface area contributed by atoms with Gasteiger partial charge in [-0.05, 0) is 19.2 Å². The highest BCUT2D eigenvalue weighted by Crippen LogP contribution is 2.08. The Kier molecular flexibility index (Phi) is 4.89. The highest BCUT2D eigenvalue weighted by Gasteiger charge is 2.06. The van der Waals surface area contributed by atoms with Crippen LogP contribution in [0.15, 0.2) is 18.3 Å². The predicted octanol–water partition coefficient (Wildman–Crippen LogP) is 0.600. The Morgan fingerprint density at radius 3 is 2.76 bits per heavy atom. The van der Waals surface area contributed by atoms with E-state index in [1.54, 1.807) is 6.20 Å². The molecule has 0 aromatic carbocycles. The molecule has 1 aromatic heterocycles. The number of anilines is 1. The van der Waals surface area contributed by atoms with Crippen LogP contribution >= 0.6 is 0 Å². The Morgan fingerprint density at radius 2 is 2.18 bits per heavy atom. The molecule has 0 aliphatic carbocycles. The van der Waals surface area contributed by atoms with Gasteiger partial charge in [0.15, 0.2) is 0 Å². The summed E-state index contributed by atoms with van der Waals surface area (Å²) in [6.45, 7) is 1.16. The zero-order chi connectivity index (χ0) is 12.9. The fourth-order valence-electron chi connectivity index (χ4n) is 1.40. The third-order valence-corrected chi connectivity index (χ3v) is 3.31. The maximum absolute atomic E-state index is 11.0. The summed E-state index contributed by atoms with van der Waals surface area (Å²) in [5, 5.41) is 3.04. The summed E-state index contributed by atoms with van der Waals surface area (Å²) in [6.07, 6.45) is 2.99. The monoisotopic (exact) mass is 257 g/mol. The lowest BCUT2D eigenvalue weighted by Gasteiger charge is -2.15. The Bertz CT molecular complexity index is 460. The Labute approximate surface area is 103 Å². The van der Waals surface area contributed by atoms with E-state index in [9.17, 15) is 8.42 Å². The molecule has 17 heavy (non-hydrogen) atoms. The fourth-order valence-corrected chi connectivity index (χ4v) is 2.04. The van der Waals surface area contributed by atoms with Crippen LogP contribution in [-0.2, 0) is 16.4 Å². The molecule has 1 aromatic rings. The Balaban J connectivity index is 2.52. The zero-order valence-corrected chi connectivity index (χ0v) is 11.3. The van der Waals surface area contributed by atoms with E-state index >= 15 is 0 Å². The summed E-state index contributed by atoms with van der Waals surface area (Å²) in [5.74, 6) is 0.176. The van der Waals surface area contributed by atoms with Crippen molar-refractivity contribution in [2.45, 2.75) is 6.54 Å². The highest BCUT2D eigenvalue weighted by molar-refractivity contribution is 7.90. The van der Waals surface area contributed by atoms with Gasteiger partial charge in [-0.2, -0.15) is 0 Å². The first-order valence-corrected chi connectivity index (χ1v) is 7.46. The summed E-state index contributed by atoms with van der Waals surface area (Å²) in [4.78, 5) is 6.19. The molecular formula is C11H19N3O2S. The minimum Gasteiger partial charge on any atom is -0.388 e. The molecule has 0 spiro atoms. The number of nitrogens with zero attached hydrogens (tertiary/aromatic N) is 2. The van der Waals surface area contributed by atoms with Gasteiger partial charge < -0.3 is 5.32 Å². The van der Waals surface area contributed by atoms with Crippen LogP contribution in [0.5, 0.6) is 0 Å². The highest BCUT2D eigenvalue weighted by atomic mass is 32.2.